The molecule has 0 aliphatic heterocycles. The molecule has 0 aliphatic carbocycles. The number of hydrogen-bond donors (Lipinski definition) is 2. The Morgan fingerprint density at radius 3 is 1.41 bits per heavy atom. The number of halogens is 2. The van der Waals surface area contributed by atoms with Crippen molar-refractivity contribution in [1.82, 2.24) is 0 Å². The van der Waals surface area contributed by atoms with E-state index >= 15 is 0 Å². The fourth-order valence-corrected chi connectivity index (χ4v) is 0.866. The highest BCUT2D eigenvalue weighted by Crippen LogP contribution is 1.91. The van der Waals surface area contributed by atoms with Crippen LogP contribution in [0.15, 0.2) is 0 Å². The zero-order valence-corrected chi connectivity index (χ0v) is 9.69. The van der Waals surface area contributed by atoms with Crippen molar-refractivity contribution in [2.24, 2.45) is 0 Å². The van der Waals surface area contributed by atoms with E-state index in [4.69, 9.17) is 24.4 Å². The topological polar surface area (TPSA) is 68.2 Å². The Kier molecular flexibility index (Phi) is 11.9. The molecule has 0 aromatic rings. The predicted octanol–water partition coefficient (Wildman–Crippen LogP) is -0.303. The lowest BCUT2D eigenvalue weighted by molar-refractivity contribution is -0.0130. The van der Waals surface area contributed by atoms with Gasteiger partial charge in [0.2, 0.25) is 0 Å². The highest BCUT2D eigenvalue weighted by molar-refractivity contribution is 4.50. The van der Waals surface area contributed by atoms with Gasteiger partial charge in [0.05, 0.1) is 52.9 Å². The molecule has 0 aromatic carbocycles. The molecule has 5 nitrogen and oxygen atoms in total. The molecular formula is C10H20F2O5. The van der Waals surface area contributed by atoms with Crippen LogP contribution in [0.1, 0.15) is 0 Å². The minimum atomic E-state index is -1.36. The molecule has 0 heterocycles. The van der Waals surface area contributed by atoms with Crippen molar-refractivity contribution in [2.75, 3.05) is 52.9 Å². The van der Waals surface area contributed by atoms with Crippen LogP contribution in [-0.2, 0) is 14.2 Å². The number of hydrogen-bond acceptors (Lipinski definition) is 5. The van der Waals surface area contributed by atoms with Crippen molar-refractivity contribution >= 4 is 0 Å². The average Bonchev–Trinajstić information content (AvgIpc) is 2.35. The molecule has 0 fully saturated rings. The van der Waals surface area contributed by atoms with E-state index < -0.39 is 25.6 Å². The molecule has 2 unspecified atom stereocenters. The third kappa shape index (κ3) is 11.9. The summed E-state index contributed by atoms with van der Waals surface area (Å²) in [5.74, 6) is 0. The van der Waals surface area contributed by atoms with E-state index in [1.54, 1.807) is 0 Å². The first-order valence-electron chi connectivity index (χ1n) is 5.43. The Bertz CT molecular complexity index is 146. The second kappa shape index (κ2) is 12.1. The summed E-state index contributed by atoms with van der Waals surface area (Å²) >= 11 is 0. The number of rotatable bonds is 12. The molecule has 2 N–H and O–H groups in total. The number of ether oxygens (including phenoxy) is 3. The number of aliphatic hydroxyl groups excluding tert-OH is 2. The van der Waals surface area contributed by atoms with Gasteiger partial charge >= 0.3 is 0 Å². The van der Waals surface area contributed by atoms with Crippen LogP contribution in [0.25, 0.3) is 0 Å². The molecular weight excluding hydrogens is 238 g/mol. The van der Waals surface area contributed by atoms with Gasteiger partial charge in [-0.2, -0.15) is 0 Å². The van der Waals surface area contributed by atoms with Gasteiger partial charge in [-0.1, -0.05) is 0 Å². The summed E-state index contributed by atoms with van der Waals surface area (Å²) < 4.78 is 39.6. The van der Waals surface area contributed by atoms with Crippen molar-refractivity contribution in [2.45, 2.75) is 12.3 Å². The molecule has 0 aliphatic rings. The van der Waals surface area contributed by atoms with E-state index in [0.717, 1.165) is 0 Å². The quantitative estimate of drug-likeness (QED) is 0.470. The lowest BCUT2D eigenvalue weighted by Gasteiger charge is -2.08. The molecule has 7 heteroatoms. The van der Waals surface area contributed by atoms with Gasteiger partial charge in [-0.3, -0.25) is 0 Å². The van der Waals surface area contributed by atoms with E-state index in [1.165, 1.54) is 0 Å². The van der Waals surface area contributed by atoms with E-state index in [0.29, 0.717) is 0 Å². The SMILES string of the molecule is OCC(F)COCCOCCOCC(F)CO. The van der Waals surface area contributed by atoms with Crippen LogP contribution in [0, 0.1) is 0 Å². The van der Waals surface area contributed by atoms with E-state index in [-0.39, 0.29) is 39.6 Å². The summed E-state index contributed by atoms with van der Waals surface area (Å²) in [6.45, 7) is -0.409. The fraction of sp³-hybridized carbons (Fsp3) is 1.00. The molecule has 0 bridgehead atoms. The molecule has 0 aromatic heterocycles. The van der Waals surface area contributed by atoms with Gasteiger partial charge in [-0.05, 0) is 0 Å². The van der Waals surface area contributed by atoms with E-state index in [9.17, 15) is 8.78 Å². The second-order valence-electron chi connectivity index (χ2n) is 3.32. The summed E-state index contributed by atoms with van der Waals surface area (Å²) in [5, 5.41) is 16.7. The van der Waals surface area contributed by atoms with Gasteiger partial charge in [-0.15, -0.1) is 0 Å². The van der Waals surface area contributed by atoms with E-state index in [2.05, 4.69) is 0 Å². The third-order valence-corrected chi connectivity index (χ3v) is 1.74. The van der Waals surface area contributed by atoms with Crippen LogP contribution in [0.4, 0.5) is 8.78 Å². The number of alkyl halides is 2. The normalized spacial score (nSPS) is 14.8. The lowest BCUT2D eigenvalue weighted by atomic mass is 10.4. The Labute approximate surface area is 99.3 Å². The molecule has 2 atom stereocenters. The summed E-state index contributed by atoms with van der Waals surface area (Å²) in [5.41, 5.74) is 0. The van der Waals surface area contributed by atoms with Crippen LogP contribution in [-0.4, -0.2) is 75.4 Å². The summed E-state index contributed by atoms with van der Waals surface area (Å²) in [6, 6.07) is 0. The highest BCUT2D eigenvalue weighted by atomic mass is 19.1. The average molecular weight is 258 g/mol. The van der Waals surface area contributed by atoms with Crippen LogP contribution in [0.5, 0.6) is 0 Å². The van der Waals surface area contributed by atoms with Gasteiger partial charge in [0.1, 0.15) is 12.3 Å². The van der Waals surface area contributed by atoms with Crippen LogP contribution in [0.2, 0.25) is 0 Å². The molecule has 0 amide bonds. The first-order valence-corrected chi connectivity index (χ1v) is 5.43. The highest BCUT2D eigenvalue weighted by Gasteiger charge is 2.04. The first kappa shape index (κ1) is 16.7. The van der Waals surface area contributed by atoms with Crippen molar-refractivity contribution < 1.29 is 33.2 Å². The molecule has 17 heavy (non-hydrogen) atoms. The molecule has 0 spiro atoms. The first-order chi connectivity index (χ1) is 8.20. The van der Waals surface area contributed by atoms with Gasteiger partial charge < -0.3 is 24.4 Å². The zero-order chi connectivity index (χ0) is 12.9. The van der Waals surface area contributed by atoms with Crippen LogP contribution < -0.4 is 0 Å². The van der Waals surface area contributed by atoms with Crippen molar-refractivity contribution in [3.8, 4) is 0 Å². The van der Waals surface area contributed by atoms with E-state index in [1.807, 2.05) is 0 Å². The smallest absolute Gasteiger partial charge is 0.146 e. The van der Waals surface area contributed by atoms with Gasteiger partial charge in [0.25, 0.3) is 0 Å². The molecule has 104 valence electrons. The molecule has 0 saturated heterocycles. The van der Waals surface area contributed by atoms with Crippen molar-refractivity contribution in [3.63, 3.8) is 0 Å². The molecule has 0 rings (SSSR count). The summed E-state index contributed by atoms with van der Waals surface area (Å²) in [4.78, 5) is 0. The Morgan fingerprint density at radius 2 is 1.06 bits per heavy atom. The predicted molar refractivity (Wildman–Crippen MR) is 56.4 cm³/mol. The summed E-state index contributed by atoms with van der Waals surface area (Å²) in [7, 11) is 0. The standard InChI is InChI=1S/C10H20F2O5/c11-9(5-13)7-16-3-1-15-2-4-17-8-10(12)6-14/h9-10,13-14H,1-8H2. The Balaban J connectivity index is 3.04. The Hall–Kier alpha value is -0.340. The molecule has 0 saturated carbocycles. The fourth-order valence-electron chi connectivity index (χ4n) is 0.866. The third-order valence-electron chi connectivity index (χ3n) is 1.74. The van der Waals surface area contributed by atoms with Crippen LogP contribution in [0.3, 0.4) is 0 Å². The maximum absolute atomic E-state index is 12.4. The van der Waals surface area contributed by atoms with Gasteiger partial charge in [0.15, 0.2) is 0 Å². The largest absolute Gasteiger partial charge is 0.393 e. The maximum atomic E-state index is 12.4. The minimum absolute atomic E-state index is 0.156. The minimum Gasteiger partial charge on any atom is -0.393 e. The second-order valence-corrected chi connectivity index (χ2v) is 3.32. The zero-order valence-electron chi connectivity index (χ0n) is 9.69. The number of aliphatic hydroxyl groups is 2. The maximum Gasteiger partial charge on any atom is 0.146 e. The summed E-state index contributed by atoms with van der Waals surface area (Å²) in [6.07, 6.45) is -2.73. The lowest BCUT2D eigenvalue weighted by Crippen LogP contribution is -2.18. The van der Waals surface area contributed by atoms with Crippen LogP contribution >= 0.6 is 0 Å². The van der Waals surface area contributed by atoms with Gasteiger partial charge in [-0.25, -0.2) is 8.78 Å². The van der Waals surface area contributed by atoms with Gasteiger partial charge in [0, 0.05) is 0 Å². The monoisotopic (exact) mass is 258 g/mol. The Morgan fingerprint density at radius 1 is 0.706 bits per heavy atom. The van der Waals surface area contributed by atoms with Crippen molar-refractivity contribution in [3.05, 3.63) is 0 Å². The molecule has 0 radical (unpaired) electrons. The van der Waals surface area contributed by atoms with Crippen molar-refractivity contribution in [1.29, 1.82) is 0 Å².